The van der Waals surface area contributed by atoms with Gasteiger partial charge in [-0.3, -0.25) is 4.79 Å². The predicted molar refractivity (Wildman–Crippen MR) is 107 cm³/mol. The lowest BCUT2D eigenvalue weighted by Gasteiger charge is -2.25. The highest BCUT2D eigenvalue weighted by Gasteiger charge is 2.28. The number of anilines is 1. The fourth-order valence-electron chi connectivity index (χ4n) is 3.92. The third kappa shape index (κ3) is 3.38. The molecule has 0 unspecified atom stereocenters. The Labute approximate surface area is 162 Å². The van der Waals surface area contributed by atoms with Crippen molar-refractivity contribution in [3.8, 4) is 11.1 Å². The highest BCUT2D eigenvalue weighted by atomic mass is 16.5. The summed E-state index contributed by atoms with van der Waals surface area (Å²) < 4.78 is 10.2. The molecule has 28 heavy (non-hydrogen) atoms. The molecule has 6 nitrogen and oxygen atoms in total. The Morgan fingerprint density at radius 3 is 2.86 bits per heavy atom. The van der Waals surface area contributed by atoms with Crippen LogP contribution in [0.15, 0.2) is 51.7 Å². The molecule has 3 aromatic rings. The number of carbonyl (C=O) groups is 1. The molecule has 1 aliphatic rings. The first-order valence-electron chi connectivity index (χ1n) is 9.41. The molecule has 1 fully saturated rings. The summed E-state index contributed by atoms with van der Waals surface area (Å²) in [6.45, 7) is 2.82. The summed E-state index contributed by atoms with van der Waals surface area (Å²) >= 11 is 0. The first-order chi connectivity index (χ1) is 13.6. The molecule has 1 aliphatic heterocycles. The molecule has 0 aliphatic carbocycles. The highest BCUT2D eigenvalue weighted by Crippen LogP contribution is 2.32. The molecular weight excluding hydrogens is 356 g/mol. The summed E-state index contributed by atoms with van der Waals surface area (Å²) in [4.78, 5) is 30.6. The first kappa shape index (κ1) is 18.2. The molecule has 1 atom stereocenters. The normalized spacial score (nSPS) is 16.5. The number of hydrogen-bond donors (Lipinski definition) is 0. The number of pyridine rings is 1. The van der Waals surface area contributed by atoms with Crippen molar-refractivity contribution >= 4 is 22.9 Å². The zero-order chi connectivity index (χ0) is 19.7. The van der Waals surface area contributed by atoms with Crippen molar-refractivity contribution in [2.24, 2.45) is 0 Å². The van der Waals surface area contributed by atoms with E-state index in [4.69, 9.17) is 9.15 Å². The number of benzene rings is 1. The summed E-state index contributed by atoms with van der Waals surface area (Å²) in [6, 6.07) is 13.4. The second-order valence-corrected chi connectivity index (χ2v) is 7.09. The summed E-state index contributed by atoms with van der Waals surface area (Å²) in [6.07, 6.45) is 2.21. The van der Waals surface area contributed by atoms with Crippen molar-refractivity contribution in [2.45, 2.75) is 32.2 Å². The molecule has 0 saturated carbocycles. The summed E-state index contributed by atoms with van der Waals surface area (Å²) in [5.41, 5.74) is 2.77. The average molecular weight is 378 g/mol. The van der Waals surface area contributed by atoms with E-state index in [1.807, 2.05) is 43.3 Å². The van der Waals surface area contributed by atoms with Crippen LogP contribution in [0.5, 0.6) is 0 Å². The average Bonchev–Trinajstić information content (AvgIpc) is 3.15. The van der Waals surface area contributed by atoms with Crippen LogP contribution in [-0.2, 0) is 9.53 Å². The van der Waals surface area contributed by atoms with Gasteiger partial charge in [0.05, 0.1) is 13.5 Å². The maximum absolute atomic E-state index is 12.2. The van der Waals surface area contributed by atoms with Crippen LogP contribution in [0.4, 0.5) is 5.82 Å². The Morgan fingerprint density at radius 2 is 2.07 bits per heavy atom. The number of ether oxygens (including phenoxy) is 1. The Hall–Kier alpha value is -3.15. The molecule has 0 N–H and O–H groups in total. The summed E-state index contributed by atoms with van der Waals surface area (Å²) in [5.74, 6) is 0.482. The van der Waals surface area contributed by atoms with Crippen molar-refractivity contribution < 1.29 is 13.9 Å². The van der Waals surface area contributed by atoms with E-state index in [-0.39, 0.29) is 12.0 Å². The number of aromatic nitrogens is 1. The van der Waals surface area contributed by atoms with Gasteiger partial charge in [0.15, 0.2) is 0 Å². The van der Waals surface area contributed by atoms with E-state index in [2.05, 4.69) is 9.88 Å². The van der Waals surface area contributed by atoms with Crippen LogP contribution in [0.1, 0.15) is 24.8 Å². The number of carbonyl (C=O) groups excluding carboxylic acids is 1. The fourth-order valence-corrected chi connectivity index (χ4v) is 3.92. The number of methoxy groups -OCH3 is 1. The predicted octanol–water partition coefficient (Wildman–Crippen LogP) is 3.70. The zero-order valence-electron chi connectivity index (χ0n) is 16.0. The lowest BCUT2D eigenvalue weighted by molar-refractivity contribution is -0.140. The Bertz CT molecular complexity index is 1090. The monoisotopic (exact) mass is 378 g/mol. The standard InChI is InChI=1S/C22H22N2O4/c1-14-6-3-4-8-16(14)18-13-21(26)28-22-17(18)9-10-19(23-22)24-11-5-7-15(24)12-20(25)27-2/h3-4,6,8-10,13,15H,5,7,11-12H2,1-2H3/t15-/m1/s1. The number of rotatable bonds is 4. The van der Waals surface area contributed by atoms with E-state index in [9.17, 15) is 9.59 Å². The van der Waals surface area contributed by atoms with Crippen LogP contribution >= 0.6 is 0 Å². The van der Waals surface area contributed by atoms with E-state index in [1.165, 1.54) is 13.2 Å². The van der Waals surface area contributed by atoms with Crippen LogP contribution in [0.25, 0.3) is 22.2 Å². The van der Waals surface area contributed by atoms with Gasteiger partial charge in [-0.25, -0.2) is 4.79 Å². The maximum Gasteiger partial charge on any atom is 0.338 e. The number of nitrogens with zero attached hydrogens (tertiary/aromatic N) is 2. The third-order valence-electron chi connectivity index (χ3n) is 5.33. The molecule has 4 rings (SSSR count). The van der Waals surface area contributed by atoms with Crippen molar-refractivity contribution in [3.05, 3.63) is 58.4 Å². The molecule has 1 aromatic carbocycles. The second-order valence-electron chi connectivity index (χ2n) is 7.09. The minimum Gasteiger partial charge on any atom is -0.469 e. The van der Waals surface area contributed by atoms with Crippen LogP contribution in [-0.4, -0.2) is 30.6 Å². The molecule has 3 heterocycles. The topological polar surface area (TPSA) is 72.6 Å². The van der Waals surface area contributed by atoms with Crippen molar-refractivity contribution in [3.63, 3.8) is 0 Å². The first-order valence-corrected chi connectivity index (χ1v) is 9.41. The van der Waals surface area contributed by atoms with Crippen molar-refractivity contribution in [2.75, 3.05) is 18.6 Å². The number of esters is 1. The second kappa shape index (κ2) is 7.46. The molecule has 0 amide bonds. The van der Waals surface area contributed by atoms with E-state index in [0.29, 0.717) is 18.0 Å². The summed E-state index contributed by atoms with van der Waals surface area (Å²) in [5, 5.41) is 0.793. The lowest BCUT2D eigenvalue weighted by Crippen LogP contribution is -2.32. The minimum absolute atomic E-state index is 0.0451. The Morgan fingerprint density at radius 1 is 1.25 bits per heavy atom. The van der Waals surface area contributed by atoms with Gasteiger partial charge >= 0.3 is 11.6 Å². The van der Waals surface area contributed by atoms with Gasteiger partial charge < -0.3 is 14.1 Å². The quantitative estimate of drug-likeness (QED) is 0.645. The van der Waals surface area contributed by atoms with Crippen LogP contribution < -0.4 is 10.5 Å². The van der Waals surface area contributed by atoms with E-state index >= 15 is 0 Å². The molecular formula is C22H22N2O4. The van der Waals surface area contributed by atoms with Gasteiger partial charge in [-0.15, -0.1) is 0 Å². The van der Waals surface area contributed by atoms with Crippen molar-refractivity contribution in [1.29, 1.82) is 0 Å². The smallest absolute Gasteiger partial charge is 0.338 e. The third-order valence-corrected chi connectivity index (χ3v) is 5.33. The largest absolute Gasteiger partial charge is 0.469 e. The Kier molecular flexibility index (Phi) is 4.86. The molecule has 2 aromatic heterocycles. The van der Waals surface area contributed by atoms with E-state index < -0.39 is 5.63 Å². The molecule has 6 heteroatoms. The minimum atomic E-state index is -0.428. The Balaban J connectivity index is 1.77. The van der Waals surface area contributed by atoms with Gasteiger partial charge in [0.25, 0.3) is 0 Å². The van der Waals surface area contributed by atoms with Gasteiger partial charge in [-0.1, -0.05) is 24.3 Å². The van der Waals surface area contributed by atoms with E-state index in [1.54, 1.807) is 0 Å². The van der Waals surface area contributed by atoms with Gasteiger partial charge in [0.1, 0.15) is 5.82 Å². The zero-order valence-corrected chi connectivity index (χ0v) is 16.0. The molecule has 0 bridgehead atoms. The maximum atomic E-state index is 12.2. The van der Waals surface area contributed by atoms with Gasteiger partial charge in [0.2, 0.25) is 5.71 Å². The molecule has 0 radical (unpaired) electrons. The van der Waals surface area contributed by atoms with Crippen LogP contribution in [0.2, 0.25) is 0 Å². The molecule has 144 valence electrons. The van der Waals surface area contributed by atoms with E-state index in [0.717, 1.165) is 41.5 Å². The van der Waals surface area contributed by atoms with Gasteiger partial charge in [-0.2, -0.15) is 4.98 Å². The molecule has 1 saturated heterocycles. The van der Waals surface area contributed by atoms with Gasteiger partial charge in [-0.05, 0) is 43.0 Å². The number of aryl methyl sites for hydroxylation is 1. The SMILES string of the molecule is COC(=O)C[C@H]1CCCN1c1ccc2c(-c3ccccc3C)cc(=O)oc2n1. The van der Waals surface area contributed by atoms with Crippen LogP contribution in [0.3, 0.4) is 0 Å². The number of hydrogen-bond acceptors (Lipinski definition) is 6. The van der Waals surface area contributed by atoms with Gasteiger partial charge in [0, 0.05) is 29.6 Å². The number of fused-ring (bicyclic) bond motifs is 1. The fraction of sp³-hybridized carbons (Fsp3) is 0.318. The molecule has 0 spiro atoms. The summed E-state index contributed by atoms with van der Waals surface area (Å²) in [7, 11) is 1.40. The highest BCUT2D eigenvalue weighted by molar-refractivity contribution is 5.93. The van der Waals surface area contributed by atoms with Crippen molar-refractivity contribution in [1.82, 2.24) is 4.98 Å². The van der Waals surface area contributed by atoms with Crippen LogP contribution in [0, 0.1) is 6.92 Å². The lowest BCUT2D eigenvalue weighted by atomic mass is 9.99.